The number of sulfonamides is 1. The molecule has 0 saturated heterocycles. The fourth-order valence-electron chi connectivity index (χ4n) is 8.52. The van der Waals surface area contributed by atoms with Gasteiger partial charge in [-0.05, 0) is 119 Å². The highest BCUT2D eigenvalue weighted by Crippen LogP contribution is 2.48. The number of anilines is 1. The van der Waals surface area contributed by atoms with Crippen LogP contribution in [0.25, 0.3) is 0 Å². The molecule has 9 nitrogen and oxygen atoms in total. The van der Waals surface area contributed by atoms with E-state index >= 15 is 0 Å². The highest BCUT2D eigenvalue weighted by Gasteiger charge is 2.49. The average molecular weight is 714 g/mol. The lowest BCUT2D eigenvalue weighted by atomic mass is 9.63. The molecule has 4 aliphatic rings. The minimum absolute atomic E-state index is 0.00807. The van der Waals surface area contributed by atoms with Crippen LogP contribution in [0.4, 0.5) is 5.69 Å². The van der Waals surface area contributed by atoms with Gasteiger partial charge < -0.3 is 19.8 Å². The van der Waals surface area contributed by atoms with Crippen molar-refractivity contribution in [2.24, 2.45) is 17.8 Å². The predicted molar refractivity (Wildman–Crippen MR) is 194 cm³/mol. The lowest BCUT2D eigenvalue weighted by Gasteiger charge is -2.50. The summed E-state index contributed by atoms with van der Waals surface area (Å²) in [4.78, 5) is 18.0. The number of aryl methyl sites for hydroxylation is 1. The van der Waals surface area contributed by atoms with Gasteiger partial charge in [0.2, 0.25) is 10.0 Å². The van der Waals surface area contributed by atoms with Crippen molar-refractivity contribution in [1.29, 1.82) is 0 Å². The number of carbonyl (C=O) groups is 1. The summed E-state index contributed by atoms with van der Waals surface area (Å²) < 4.78 is 35.9. The molecular formula is C38H52ClN3O6S. The molecule has 6 atom stereocenters. The minimum atomic E-state index is -4.00. The normalized spacial score (nSPS) is 32.0. The molecule has 49 heavy (non-hydrogen) atoms. The van der Waals surface area contributed by atoms with Crippen LogP contribution in [-0.2, 0) is 21.9 Å². The van der Waals surface area contributed by atoms with Gasteiger partial charge in [-0.15, -0.1) is 0 Å². The van der Waals surface area contributed by atoms with Crippen LogP contribution in [0.1, 0.15) is 81.3 Å². The second-order valence-electron chi connectivity index (χ2n) is 15.3. The van der Waals surface area contributed by atoms with Gasteiger partial charge >= 0.3 is 0 Å². The summed E-state index contributed by atoms with van der Waals surface area (Å²) in [5, 5.41) is 22.3. The number of hydrogen-bond acceptors (Lipinski definition) is 8. The zero-order valence-electron chi connectivity index (χ0n) is 29.2. The van der Waals surface area contributed by atoms with E-state index in [-0.39, 0.29) is 41.4 Å². The van der Waals surface area contributed by atoms with E-state index in [0.717, 1.165) is 37.8 Å². The van der Waals surface area contributed by atoms with Crippen LogP contribution in [0, 0.1) is 17.8 Å². The van der Waals surface area contributed by atoms with Crippen molar-refractivity contribution in [3.63, 3.8) is 0 Å². The lowest BCUT2D eigenvalue weighted by molar-refractivity contribution is -0.0706. The number of carbonyl (C=O) groups excluding carboxylic acids is 1. The highest BCUT2D eigenvalue weighted by molar-refractivity contribution is 7.90. The molecule has 2 bridgehead atoms. The summed E-state index contributed by atoms with van der Waals surface area (Å²) >= 11 is 6.45. The maximum Gasteiger partial charge on any atom is 0.264 e. The number of rotatable bonds is 5. The summed E-state index contributed by atoms with van der Waals surface area (Å²) in [7, 11) is -4.00. The Labute approximate surface area is 296 Å². The standard InChI is InChI=1S/C38H52ClN3O6S/c1-25(2)41(17-18-43)23-38(45)16-5-7-26(3)27(4)49(46,47)40-36(44)29-10-14-35-34(20-29)42(21-30-9-12-33(30)38)22-37(24-48-35)15-6-8-28-19-31(39)11-13-32(28)37/h5,10-11,13-14,16,19-20,25-27,30,33,43,45H,6-9,12,15,17-18,21-24H2,1-4H3,(H,40,44)/b16-5-/t26-,27+,30-,33+,37-,38+/m0/s1. The number of nitrogens with zero attached hydrogens (tertiary/aromatic N) is 2. The Hall–Kier alpha value is -2.63. The largest absolute Gasteiger partial charge is 0.490 e. The Morgan fingerprint density at radius 3 is 2.67 bits per heavy atom. The first-order valence-electron chi connectivity index (χ1n) is 17.9. The number of halogens is 1. The van der Waals surface area contributed by atoms with Gasteiger partial charge in [0.05, 0.1) is 29.8 Å². The quantitative estimate of drug-likeness (QED) is 0.357. The van der Waals surface area contributed by atoms with Crippen molar-refractivity contribution in [2.75, 3.05) is 44.3 Å². The third-order valence-corrected chi connectivity index (χ3v) is 14.0. The van der Waals surface area contributed by atoms with Crippen LogP contribution in [0.3, 0.4) is 0 Å². The second-order valence-corrected chi connectivity index (χ2v) is 17.8. The summed E-state index contributed by atoms with van der Waals surface area (Å²) in [5.41, 5.74) is 1.97. The molecular weight excluding hydrogens is 662 g/mol. The van der Waals surface area contributed by atoms with Gasteiger partial charge in [-0.1, -0.05) is 36.7 Å². The maximum absolute atomic E-state index is 13.5. The first-order valence-corrected chi connectivity index (χ1v) is 19.8. The molecule has 6 rings (SSSR count). The summed E-state index contributed by atoms with van der Waals surface area (Å²) in [6, 6.07) is 11.5. The maximum atomic E-state index is 13.5. The van der Waals surface area contributed by atoms with E-state index in [9.17, 15) is 23.4 Å². The Morgan fingerprint density at radius 1 is 1.16 bits per heavy atom. The molecule has 0 unspecified atom stereocenters. The van der Waals surface area contributed by atoms with Crippen molar-refractivity contribution in [1.82, 2.24) is 9.62 Å². The molecule has 2 heterocycles. The zero-order valence-corrected chi connectivity index (χ0v) is 30.8. The summed E-state index contributed by atoms with van der Waals surface area (Å²) in [6.07, 6.45) is 8.89. The lowest BCUT2D eigenvalue weighted by Crippen LogP contribution is -2.57. The molecule has 3 N–H and O–H groups in total. The van der Waals surface area contributed by atoms with Crippen molar-refractivity contribution >= 4 is 33.2 Å². The number of benzene rings is 2. The number of aliphatic hydroxyl groups excluding tert-OH is 1. The van der Waals surface area contributed by atoms with Crippen molar-refractivity contribution in [2.45, 2.75) is 88.5 Å². The van der Waals surface area contributed by atoms with Gasteiger partial charge in [0.15, 0.2) is 0 Å². The number of fused-ring (bicyclic) bond motifs is 4. The van der Waals surface area contributed by atoms with E-state index in [4.69, 9.17) is 16.3 Å². The first kappa shape index (κ1) is 36.2. The topological polar surface area (TPSA) is 119 Å². The van der Waals surface area contributed by atoms with Crippen LogP contribution < -0.4 is 14.4 Å². The van der Waals surface area contributed by atoms with Gasteiger partial charge in [-0.2, -0.15) is 0 Å². The first-order chi connectivity index (χ1) is 23.2. The van der Waals surface area contributed by atoms with Gasteiger partial charge in [-0.3, -0.25) is 9.69 Å². The number of ether oxygens (including phenoxy) is 1. The van der Waals surface area contributed by atoms with Gasteiger partial charge in [0, 0.05) is 48.2 Å². The van der Waals surface area contributed by atoms with Crippen molar-refractivity contribution in [3.05, 3.63) is 70.3 Å². The van der Waals surface area contributed by atoms with Crippen molar-refractivity contribution < 1.29 is 28.2 Å². The van der Waals surface area contributed by atoms with Gasteiger partial charge in [0.1, 0.15) is 5.75 Å². The van der Waals surface area contributed by atoms with Crippen LogP contribution in [0.2, 0.25) is 5.02 Å². The summed E-state index contributed by atoms with van der Waals surface area (Å²) in [5.74, 6) is -0.221. The Morgan fingerprint density at radius 2 is 1.96 bits per heavy atom. The monoisotopic (exact) mass is 713 g/mol. The molecule has 2 aromatic carbocycles. The fourth-order valence-corrected chi connectivity index (χ4v) is 10.00. The van der Waals surface area contributed by atoms with E-state index in [2.05, 4.69) is 40.5 Å². The molecule has 0 radical (unpaired) electrons. The molecule has 1 saturated carbocycles. The molecule has 268 valence electrons. The van der Waals surface area contributed by atoms with Gasteiger partial charge in [0.25, 0.3) is 5.91 Å². The van der Waals surface area contributed by atoms with Crippen molar-refractivity contribution in [3.8, 4) is 5.75 Å². The van der Waals surface area contributed by atoms with Crippen LogP contribution in [0.15, 0.2) is 48.6 Å². The minimum Gasteiger partial charge on any atom is -0.490 e. The summed E-state index contributed by atoms with van der Waals surface area (Å²) in [6.45, 7) is 10.2. The Kier molecular flexibility index (Phi) is 10.5. The molecule has 1 amide bonds. The zero-order chi connectivity index (χ0) is 35.1. The molecule has 1 spiro atoms. The van der Waals surface area contributed by atoms with Gasteiger partial charge in [-0.25, -0.2) is 13.1 Å². The molecule has 2 aliphatic heterocycles. The number of amides is 1. The SMILES string of the molecule is CC(C)N(CCO)C[C@]1(O)/C=C\C[C@H](C)[C@@H](C)S(=O)(=O)NC(=O)c2ccc3c(c2)N(C[C@@H]2CC[C@H]21)C[C@@]1(CCCc2cc(Cl)ccc21)CO3. The number of allylic oxidation sites excluding steroid dienone is 1. The molecule has 0 aromatic heterocycles. The van der Waals surface area contributed by atoms with Crippen LogP contribution in [-0.4, -0.2) is 85.7 Å². The third-order valence-electron chi connectivity index (χ3n) is 11.8. The molecule has 1 fully saturated rings. The highest BCUT2D eigenvalue weighted by atomic mass is 35.5. The predicted octanol–water partition coefficient (Wildman–Crippen LogP) is 5.32. The second kappa shape index (κ2) is 14.2. The van der Waals surface area contributed by atoms with Crippen LogP contribution >= 0.6 is 11.6 Å². The molecule has 11 heteroatoms. The Bertz CT molecular complexity index is 1680. The average Bonchev–Trinajstić information content (AvgIpc) is 3.18. The molecule has 2 aliphatic carbocycles. The Balaban J connectivity index is 1.45. The smallest absolute Gasteiger partial charge is 0.264 e. The van der Waals surface area contributed by atoms with E-state index in [1.807, 2.05) is 25.1 Å². The molecule has 2 aromatic rings. The third kappa shape index (κ3) is 7.27. The van der Waals surface area contributed by atoms with E-state index in [1.165, 1.54) is 11.1 Å². The van der Waals surface area contributed by atoms with E-state index in [1.54, 1.807) is 25.1 Å². The van der Waals surface area contributed by atoms with Crippen LogP contribution in [0.5, 0.6) is 5.75 Å². The fraction of sp³-hybridized carbons (Fsp3) is 0.605. The number of nitrogens with one attached hydrogen (secondary N) is 1. The number of aliphatic hydroxyl groups is 2. The van der Waals surface area contributed by atoms with E-state index in [0.29, 0.717) is 50.0 Å². The number of hydrogen-bond donors (Lipinski definition) is 3. The van der Waals surface area contributed by atoms with E-state index < -0.39 is 26.8 Å².